The molecule has 0 aliphatic heterocycles. The molecule has 0 aromatic rings. The molecule has 1 aliphatic rings. The smallest absolute Gasteiger partial charge is 0.407 e. The monoisotopic (exact) mass is 400 g/mol. The summed E-state index contributed by atoms with van der Waals surface area (Å²) < 4.78 is 10.5. The lowest BCUT2D eigenvalue weighted by atomic mass is 9.79. The number of aliphatic hydroxyl groups excluding tert-OH is 1. The summed E-state index contributed by atoms with van der Waals surface area (Å²) in [4.78, 5) is 24.7. The normalized spacial score (nSPS) is 26.2. The third kappa shape index (κ3) is 6.92. The van der Waals surface area contributed by atoms with Gasteiger partial charge in [-0.3, -0.25) is 4.79 Å². The topological polar surface area (TPSA) is 111 Å². The minimum absolute atomic E-state index is 0.221. The quantitative estimate of drug-likeness (QED) is 0.513. The summed E-state index contributed by atoms with van der Waals surface area (Å²) in [5.74, 6) is -1.34. The predicted molar refractivity (Wildman–Crippen MR) is 109 cm³/mol. The first-order chi connectivity index (χ1) is 13.1. The average Bonchev–Trinajstić information content (AvgIpc) is 2.88. The van der Waals surface area contributed by atoms with Crippen molar-refractivity contribution < 1.29 is 24.2 Å². The van der Waals surface area contributed by atoms with Gasteiger partial charge in [-0.05, 0) is 52.9 Å². The fourth-order valence-electron chi connectivity index (χ4n) is 4.26. The van der Waals surface area contributed by atoms with E-state index >= 15 is 0 Å². The number of amides is 1. The number of esters is 1. The molecule has 0 spiro atoms. The molecule has 7 nitrogen and oxygen atoms in total. The Hall–Kier alpha value is -1.34. The zero-order chi connectivity index (χ0) is 21.5. The van der Waals surface area contributed by atoms with Crippen molar-refractivity contribution in [2.45, 2.75) is 97.4 Å². The Morgan fingerprint density at radius 3 is 2.21 bits per heavy atom. The van der Waals surface area contributed by atoms with Crippen LogP contribution in [-0.2, 0) is 14.3 Å². The van der Waals surface area contributed by atoms with Crippen molar-refractivity contribution in [3.8, 4) is 0 Å². The van der Waals surface area contributed by atoms with Crippen molar-refractivity contribution in [3.05, 3.63) is 0 Å². The number of alkyl carbamates (subject to hydrolysis) is 1. The number of hydrogen-bond donors (Lipinski definition) is 3. The van der Waals surface area contributed by atoms with E-state index in [4.69, 9.17) is 15.2 Å². The van der Waals surface area contributed by atoms with E-state index in [9.17, 15) is 14.7 Å². The van der Waals surface area contributed by atoms with Gasteiger partial charge in [-0.15, -0.1) is 0 Å². The van der Waals surface area contributed by atoms with Gasteiger partial charge in [0, 0.05) is 18.0 Å². The van der Waals surface area contributed by atoms with Gasteiger partial charge in [0.1, 0.15) is 5.60 Å². The summed E-state index contributed by atoms with van der Waals surface area (Å²) in [6.07, 6.45) is 2.66. The lowest BCUT2D eigenvalue weighted by molar-refractivity contribution is -0.151. The van der Waals surface area contributed by atoms with Gasteiger partial charge < -0.3 is 25.6 Å². The van der Waals surface area contributed by atoms with Crippen LogP contribution in [0.2, 0.25) is 0 Å². The first kappa shape index (κ1) is 24.7. The summed E-state index contributed by atoms with van der Waals surface area (Å²) in [6, 6.07) is -0.764. The number of hydrogen-bond acceptors (Lipinski definition) is 6. The molecular weight excluding hydrogens is 360 g/mol. The zero-order valence-electron chi connectivity index (χ0n) is 18.4. The van der Waals surface area contributed by atoms with Gasteiger partial charge in [0.15, 0.2) is 0 Å². The van der Waals surface area contributed by atoms with Gasteiger partial charge in [0.2, 0.25) is 0 Å². The minimum Gasteiger partial charge on any atom is -0.466 e. The maximum absolute atomic E-state index is 12.3. The summed E-state index contributed by atoms with van der Waals surface area (Å²) >= 11 is 0. The van der Waals surface area contributed by atoms with E-state index in [2.05, 4.69) is 19.2 Å². The Labute approximate surface area is 169 Å². The largest absolute Gasteiger partial charge is 0.466 e. The van der Waals surface area contributed by atoms with Crippen LogP contribution in [0.5, 0.6) is 0 Å². The third-order valence-electron chi connectivity index (χ3n) is 5.38. The molecule has 4 N–H and O–H groups in total. The molecule has 164 valence electrons. The highest BCUT2D eigenvalue weighted by atomic mass is 16.6. The highest BCUT2D eigenvalue weighted by molar-refractivity contribution is 5.74. The summed E-state index contributed by atoms with van der Waals surface area (Å²) in [7, 11) is 0. The molecule has 0 radical (unpaired) electrons. The molecule has 0 aromatic carbocycles. The molecule has 1 amide bonds. The van der Waals surface area contributed by atoms with E-state index in [1.807, 2.05) is 0 Å². The van der Waals surface area contributed by atoms with Gasteiger partial charge in [-0.25, -0.2) is 4.79 Å². The Kier molecular flexibility index (Phi) is 9.70. The Bertz CT molecular complexity index is 500. The second-order valence-electron chi connectivity index (χ2n) is 8.83. The van der Waals surface area contributed by atoms with Gasteiger partial charge in [-0.2, -0.15) is 0 Å². The summed E-state index contributed by atoms with van der Waals surface area (Å²) in [5.41, 5.74) is 5.98. The van der Waals surface area contributed by atoms with E-state index in [0.29, 0.717) is 6.42 Å². The van der Waals surface area contributed by atoms with Gasteiger partial charge in [-0.1, -0.05) is 26.7 Å². The molecule has 0 bridgehead atoms. The molecule has 1 fully saturated rings. The molecule has 1 aliphatic carbocycles. The molecule has 0 heterocycles. The van der Waals surface area contributed by atoms with Crippen LogP contribution in [0.25, 0.3) is 0 Å². The first-order valence-corrected chi connectivity index (χ1v) is 10.6. The lowest BCUT2D eigenvalue weighted by Crippen LogP contribution is -2.51. The number of aliphatic hydroxyl groups is 1. The highest BCUT2D eigenvalue weighted by Gasteiger charge is 2.50. The Morgan fingerprint density at radius 2 is 1.75 bits per heavy atom. The molecule has 1 saturated carbocycles. The molecule has 28 heavy (non-hydrogen) atoms. The molecule has 5 atom stereocenters. The van der Waals surface area contributed by atoms with E-state index in [0.717, 1.165) is 25.7 Å². The average molecular weight is 401 g/mol. The molecular formula is C21H40N2O5. The second kappa shape index (κ2) is 11.0. The molecule has 1 rings (SSSR count). The molecule has 7 heteroatoms. The van der Waals surface area contributed by atoms with E-state index in [1.54, 1.807) is 27.7 Å². The van der Waals surface area contributed by atoms with Gasteiger partial charge in [0.05, 0.1) is 18.6 Å². The SMILES string of the molecule is CCCC(CCC)C(N)[C@@H]1[C@H](O)[C@@H](C(=O)OCC)C[C@H]1NC(=O)OC(C)(C)C. The van der Waals surface area contributed by atoms with Crippen LogP contribution >= 0.6 is 0 Å². The van der Waals surface area contributed by atoms with E-state index < -0.39 is 41.6 Å². The van der Waals surface area contributed by atoms with Crippen LogP contribution in [0.15, 0.2) is 0 Å². The third-order valence-corrected chi connectivity index (χ3v) is 5.38. The number of carbonyl (C=O) groups is 2. The van der Waals surface area contributed by atoms with Crippen LogP contribution in [0.4, 0.5) is 4.79 Å². The molecule has 0 aromatic heterocycles. The van der Waals surface area contributed by atoms with Crippen LogP contribution in [0.1, 0.15) is 73.6 Å². The second-order valence-corrected chi connectivity index (χ2v) is 8.83. The highest BCUT2D eigenvalue weighted by Crippen LogP contribution is 2.38. The van der Waals surface area contributed by atoms with Crippen LogP contribution in [0, 0.1) is 17.8 Å². The van der Waals surface area contributed by atoms with E-state index in [1.165, 1.54) is 0 Å². The number of nitrogens with two attached hydrogens (primary N) is 1. The fraction of sp³-hybridized carbons (Fsp3) is 0.905. The number of ether oxygens (including phenoxy) is 2. The predicted octanol–water partition coefficient (Wildman–Crippen LogP) is 2.98. The maximum atomic E-state index is 12.3. The minimum atomic E-state index is -0.954. The Morgan fingerprint density at radius 1 is 1.18 bits per heavy atom. The maximum Gasteiger partial charge on any atom is 0.407 e. The van der Waals surface area contributed by atoms with Crippen molar-refractivity contribution in [2.24, 2.45) is 23.5 Å². The number of carbonyl (C=O) groups excluding carboxylic acids is 2. The lowest BCUT2D eigenvalue weighted by Gasteiger charge is -2.34. The molecule has 0 saturated heterocycles. The number of rotatable bonds is 9. The summed E-state index contributed by atoms with van der Waals surface area (Å²) in [5, 5.41) is 13.8. The van der Waals surface area contributed by atoms with Crippen LogP contribution < -0.4 is 11.1 Å². The first-order valence-electron chi connectivity index (χ1n) is 10.6. The standard InChI is InChI=1S/C21H40N2O5/c1-7-10-13(11-8-2)17(22)16-15(23-20(26)28-21(4,5)6)12-14(18(16)24)19(25)27-9-3/h13-18,24H,7-12,22H2,1-6H3,(H,23,26)/t14-,15+,16+,17?,18+/m0/s1. The van der Waals surface area contributed by atoms with Crippen LogP contribution in [-0.4, -0.2) is 47.6 Å². The van der Waals surface area contributed by atoms with E-state index in [-0.39, 0.29) is 18.6 Å². The van der Waals surface area contributed by atoms with Crippen molar-refractivity contribution in [1.82, 2.24) is 5.32 Å². The molecule has 1 unspecified atom stereocenters. The van der Waals surface area contributed by atoms with Crippen molar-refractivity contribution in [1.29, 1.82) is 0 Å². The van der Waals surface area contributed by atoms with Gasteiger partial charge >= 0.3 is 12.1 Å². The summed E-state index contributed by atoms with van der Waals surface area (Å²) in [6.45, 7) is 11.6. The zero-order valence-corrected chi connectivity index (χ0v) is 18.4. The van der Waals surface area contributed by atoms with Crippen molar-refractivity contribution >= 4 is 12.1 Å². The number of nitrogens with one attached hydrogen (secondary N) is 1. The Balaban J connectivity index is 3.05. The van der Waals surface area contributed by atoms with Crippen molar-refractivity contribution in [2.75, 3.05) is 6.61 Å². The van der Waals surface area contributed by atoms with Crippen LogP contribution in [0.3, 0.4) is 0 Å². The van der Waals surface area contributed by atoms with Gasteiger partial charge in [0.25, 0.3) is 0 Å². The fourth-order valence-corrected chi connectivity index (χ4v) is 4.26. The van der Waals surface area contributed by atoms with Crippen molar-refractivity contribution in [3.63, 3.8) is 0 Å².